The van der Waals surface area contributed by atoms with Gasteiger partial charge in [0.2, 0.25) is 0 Å². The topological polar surface area (TPSA) is 76.4 Å². The average Bonchev–Trinajstić information content (AvgIpc) is 2.93. The van der Waals surface area contributed by atoms with Crippen LogP contribution in [-0.2, 0) is 0 Å². The molecule has 2 aromatic rings. The Morgan fingerprint density at radius 1 is 1.32 bits per heavy atom. The zero-order valence-corrected chi connectivity index (χ0v) is 15.5. The van der Waals surface area contributed by atoms with Crippen molar-refractivity contribution in [3.05, 3.63) is 47.3 Å². The maximum Gasteiger partial charge on any atom is 0.254 e. The van der Waals surface area contributed by atoms with Gasteiger partial charge < -0.3 is 15.2 Å². The average molecular weight is 345 g/mol. The number of hydrogen-bond acceptors (Lipinski definition) is 4. The van der Waals surface area contributed by atoms with Crippen LogP contribution in [0, 0.1) is 6.92 Å². The summed E-state index contributed by atoms with van der Waals surface area (Å²) in [4.78, 5) is 12.3. The van der Waals surface area contributed by atoms with Crippen molar-refractivity contribution >= 4 is 5.91 Å². The van der Waals surface area contributed by atoms with Crippen molar-refractivity contribution in [1.29, 1.82) is 0 Å². The minimum Gasteiger partial charge on any atom is -0.491 e. The molecule has 25 heavy (non-hydrogen) atoms. The smallest absolute Gasteiger partial charge is 0.254 e. The van der Waals surface area contributed by atoms with Crippen LogP contribution in [0.4, 0.5) is 0 Å². The van der Waals surface area contributed by atoms with Crippen LogP contribution in [0.2, 0.25) is 0 Å². The normalized spacial score (nSPS) is 12.5. The Bertz CT molecular complexity index is 722. The molecule has 0 aliphatic heterocycles. The third kappa shape index (κ3) is 4.82. The maximum absolute atomic E-state index is 12.3. The molecule has 1 atom stereocenters. The van der Waals surface area contributed by atoms with Gasteiger partial charge in [-0.3, -0.25) is 9.48 Å². The largest absolute Gasteiger partial charge is 0.491 e. The van der Waals surface area contributed by atoms with Gasteiger partial charge >= 0.3 is 0 Å². The highest BCUT2D eigenvalue weighted by Gasteiger charge is 2.17. The number of carbonyl (C=O) groups is 1. The quantitative estimate of drug-likeness (QED) is 0.809. The predicted molar refractivity (Wildman–Crippen MR) is 96.8 cm³/mol. The molecule has 1 heterocycles. The fraction of sp³-hybridized carbons (Fsp3) is 0.474. The summed E-state index contributed by atoms with van der Waals surface area (Å²) in [5, 5.41) is 17.4. The predicted octanol–water partition coefficient (Wildman–Crippen LogP) is 3.02. The van der Waals surface area contributed by atoms with E-state index in [0.717, 1.165) is 5.69 Å². The Kier molecular flexibility index (Phi) is 6.20. The fourth-order valence-electron chi connectivity index (χ4n) is 2.64. The Balaban J connectivity index is 2.00. The second-order valence-electron chi connectivity index (χ2n) is 6.65. The van der Waals surface area contributed by atoms with E-state index in [1.54, 1.807) is 16.9 Å². The molecule has 0 saturated carbocycles. The minimum atomic E-state index is -0.805. The molecule has 0 aliphatic carbocycles. The lowest BCUT2D eigenvalue weighted by Gasteiger charge is -2.15. The summed E-state index contributed by atoms with van der Waals surface area (Å²) in [6.07, 6.45) is 0.821. The number of nitrogens with one attached hydrogen (secondary N) is 1. The van der Waals surface area contributed by atoms with Gasteiger partial charge in [-0.2, -0.15) is 5.10 Å². The number of aliphatic hydroxyl groups excluding tert-OH is 1. The highest BCUT2D eigenvalue weighted by molar-refractivity contribution is 5.95. The third-order valence-corrected chi connectivity index (χ3v) is 3.85. The van der Waals surface area contributed by atoms with Crippen LogP contribution in [0.3, 0.4) is 0 Å². The molecule has 1 aromatic carbocycles. The van der Waals surface area contributed by atoms with Gasteiger partial charge in [0.15, 0.2) is 0 Å². The van der Waals surface area contributed by atoms with Crippen molar-refractivity contribution in [2.75, 3.05) is 6.54 Å². The van der Waals surface area contributed by atoms with Crippen LogP contribution >= 0.6 is 0 Å². The molecule has 0 saturated heterocycles. The molecular formula is C19H27N3O3. The maximum atomic E-state index is 12.3. The second-order valence-corrected chi connectivity index (χ2v) is 6.65. The first-order valence-electron chi connectivity index (χ1n) is 8.56. The lowest BCUT2D eigenvalue weighted by molar-refractivity contribution is 0.0915. The van der Waals surface area contributed by atoms with Crippen LogP contribution in [0.15, 0.2) is 30.5 Å². The zero-order valence-electron chi connectivity index (χ0n) is 15.5. The van der Waals surface area contributed by atoms with Crippen LogP contribution in [0.25, 0.3) is 0 Å². The highest BCUT2D eigenvalue weighted by Crippen LogP contribution is 2.20. The van der Waals surface area contributed by atoms with Crippen LogP contribution < -0.4 is 10.1 Å². The molecule has 2 rings (SSSR count). The second kappa shape index (κ2) is 8.16. The van der Waals surface area contributed by atoms with Gasteiger partial charge in [0.1, 0.15) is 5.75 Å². The van der Waals surface area contributed by atoms with Gasteiger partial charge in [0.05, 0.1) is 24.0 Å². The Labute approximate surface area is 148 Å². The van der Waals surface area contributed by atoms with E-state index in [1.165, 1.54) is 0 Å². The molecule has 1 aromatic heterocycles. The van der Waals surface area contributed by atoms with Gasteiger partial charge in [-0.1, -0.05) is 12.1 Å². The monoisotopic (exact) mass is 345 g/mol. The summed E-state index contributed by atoms with van der Waals surface area (Å²) in [6.45, 7) is 9.91. The van der Waals surface area contributed by atoms with Gasteiger partial charge in [0.25, 0.3) is 5.91 Å². The fourth-order valence-corrected chi connectivity index (χ4v) is 2.64. The summed E-state index contributed by atoms with van der Waals surface area (Å²) in [6, 6.07) is 7.47. The lowest BCUT2D eigenvalue weighted by atomic mass is 10.1. The van der Waals surface area contributed by atoms with Gasteiger partial charge in [-0.05, 0) is 52.3 Å². The van der Waals surface area contributed by atoms with Gasteiger partial charge in [-0.15, -0.1) is 0 Å². The van der Waals surface area contributed by atoms with Crippen molar-refractivity contribution in [3.8, 4) is 5.75 Å². The van der Waals surface area contributed by atoms with Crippen LogP contribution in [-0.4, -0.2) is 33.4 Å². The van der Waals surface area contributed by atoms with Crippen molar-refractivity contribution in [1.82, 2.24) is 15.1 Å². The standard InChI is InChI=1S/C19H27N3O3/c1-12(2)22-14(5)17(10-21-22)19(24)20-11-18(23)15-7-6-8-16(9-15)25-13(3)4/h6-10,12-13,18,23H,11H2,1-5H3,(H,20,24). The van der Waals surface area contributed by atoms with E-state index in [0.29, 0.717) is 16.9 Å². The number of nitrogens with zero attached hydrogens (tertiary/aromatic N) is 2. The highest BCUT2D eigenvalue weighted by atomic mass is 16.5. The molecule has 0 fully saturated rings. The van der Waals surface area contributed by atoms with Crippen molar-refractivity contribution < 1.29 is 14.6 Å². The number of benzene rings is 1. The first-order valence-corrected chi connectivity index (χ1v) is 8.56. The van der Waals surface area contributed by atoms with Crippen LogP contribution in [0.1, 0.15) is 61.5 Å². The van der Waals surface area contributed by atoms with E-state index in [4.69, 9.17) is 4.74 Å². The first-order chi connectivity index (χ1) is 11.8. The molecule has 0 aliphatic rings. The zero-order chi connectivity index (χ0) is 18.6. The number of amides is 1. The summed E-state index contributed by atoms with van der Waals surface area (Å²) in [5.74, 6) is 0.463. The molecule has 0 bridgehead atoms. The van der Waals surface area contributed by atoms with Crippen molar-refractivity contribution in [2.45, 2.75) is 52.9 Å². The Hall–Kier alpha value is -2.34. The first kappa shape index (κ1) is 19.0. The molecule has 6 nitrogen and oxygen atoms in total. The van der Waals surface area contributed by atoms with Crippen LogP contribution in [0.5, 0.6) is 5.75 Å². The molecule has 0 spiro atoms. The summed E-state index contributed by atoms with van der Waals surface area (Å²) in [5.41, 5.74) is 2.04. The number of rotatable bonds is 7. The number of carbonyl (C=O) groups excluding carboxylic acids is 1. The van der Waals surface area contributed by atoms with Crippen molar-refractivity contribution in [2.24, 2.45) is 0 Å². The van der Waals surface area contributed by atoms with E-state index >= 15 is 0 Å². The number of hydrogen-bond donors (Lipinski definition) is 2. The molecular weight excluding hydrogens is 318 g/mol. The van der Waals surface area contributed by atoms with E-state index < -0.39 is 6.10 Å². The summed E-state index contributed by atoms with van der Waals surface area (Å²) in [7, 11) is 0. The SMILES string of the molecule is Cc1c(C(=O)NCC(O)c2cccc(OC(C)C)c2)cnn1C(C)C. The molecule has 2 N–H and O–H groups in total. The third-order valence-electron chi connectivity index (χ3n) is 3.85. The molecule has 136 valence electrons. The minimum absolute atomic E-state index is 0.0626. The van der Waals surface area contributed by atoms with Crippen molar-refractivity contribution in [3.63, 3.8) is 0 Å². The molecule has 6 heteroatoms. The summed E-state index contributed by atoms with van der Waals surface area (Å²) < 4.78 is 7.43. The number of aliphatic hydroxyl groups is 1. The van der Waals surface area contributed by atoms with Gasteiger partial charge in [0, 0.05) is 18.3 Å². The molecule has 1 amide bonds. The lowest BCUT2D eigenvalue weighted by Crippen LogP contribution is -2.28. The molecule has 1 unspecified atom stereocenters. The van der Waals surface area contributed by atoms with E-state index in [-0.39, 0.29) is 24.6 Å². The van der Waals surface area contributed by atoms with E-state index in [9.17, 15) is 9.90 Å². The van der Waals surface area contributed by atoms with Gasteiger partial charge in [-0.25, -0.2) is 0 Å². The van der Waals surface area contributed by atoms with E-state index in [2.05, 4.69) is 10.4 Å². The summed E-state index contributed by atoms with van der Waals surface area (Å²) >= 11 is 0. The molecule has 0 radical (unpaired) electrons. The number of aromatic nitrogens is 2. The Morgan fingerprint density at radius 2 is 2.04 bits per heavy atom. The number of ether oxygens (including phenoxy) is 1. The van der Waals surface area contributed by atoms with E-state index in [1.807, 2.05) is 52.8 Å². The Morgan fingerprint density at radius 3 is 2.64 bits per heavy atom.